The minimum absolute atomic E-state index is 0.0853. The number of nitrogens with one attached hydrogen (secondary N) is 1. The Hall–Kier alpha value is -2.59. The third-order valence-corrected chi connectivity index (χ3v) is 4.84. The number of urea groups is 1. The van der Waals surface area contributed by atoms with Crippen LogP contribution in [-0.2, 0) is 13.1 Å². The second kappa shape index (κ2) is 7.79. The minimum atomic E-state index is -0.0853. The lowest BCUT2D eigenvalue weighted by Crippen LogP contribution is -2.34. The van der Waals surface area contributed by atoms with Crippen molar-refractivity contribution in [3.05, 3.63) is 88.1 Å². The maximum atomic E-state index is 12.8. The summed E-state index contributed by atoms with van der Waals surface area (Å²) in [5.74, 6) is 0. The van der Waals surface area contributed by atoms with E-state index in [4.69, 9.17) is 0 Å². The van der Waals surface area contributed by atoms with Crippen molar-refractivity contribution in [1.29, 1.82) is 0 Å². The fourth-order valence-electron chi connectivity index (χ4n) is 2.47. The van der Waals surface area contributed by atoms with Gasteiger partial charge in [-0.1, -0.05) is 48.5 Å². The Morgan fingerprint density at radius 2 is 1.62 bits per heavy atom. The lowest BCUT2D eigenvalue weighted by atomic mass is 10.2. The third kappa shape index (κ3) is 4.24. The van der Waals surface area contributed by atoms with Gasteiger partial charge in [0.2, 0.25) is 0 Å². The topological polar surface area (TPSA) is 32.3 Å². The van der Waals surface area contributed by atoms with E-state index in [9.17, 15) is 4.79 Å². The number of hydrogen-bond acceptors (Lipinski definition) is 2. The van der Waals surface area contributed by atoms with Gasteiger partial charge in [0, 0.05) is 17.1 Å². The maximum Gasteiger partial charge on any atom is 0.322 e. The van der Waals surface area contributed by atoms with E-state index in [0.29, 0.717) is 13.1 Å². The van der Waals surface area contributed by atoms with E-state index in [-0.39, 0.29) is 6.03 Å². The molecule has 0 fully saturated rings. The Morgan fingerprint density at radius 1 is 0.958 bits per heavy atom. The molecule has 0 radical (unpaired) electrons. The summed E-state index contributed by atoms with van der Waals surface area (Å²) in [5.41, 5.74) is 3.16. The van der Waals surface area contributed by atoms with Crippen LogP contribution in [0.4, 0.5) is 10.5 Å². The highest BCUT2D eigenvalue weighted by atomic mass is 32.1. The van der Waals surface area contributed by atoms with E-state index in [1.807, 2.05) is 65.6 Å². The zero-order valence-corrected chi connectivity index (χ0v) is 14.4. The Bertz CT molecular complexity index is 784. The van der Waals surface area contributed by atoms with Crippen LogP contribution in [0.5, 0.6) is 0 Å². The number of hydrogen-bond donors (Lipinski definition) is 1. The van der Waals surface area contributed by atoms with Crippen molar-refractivity contribution in [3.63, 3.8) is 0 Å². The second-order valence-corrected chi connectivity index (χ2v) is 6.67. The number of thiophene rings is 1. The Labute approximate surface area is 146 Å². The first-order valence-electron chi connectivity index (χ1n) is 7.90. The standard InChI is InChI=1S/C20H20N2OS/c1-16-12-13-24-19(16)15-22(14-17-8-4-2-5-9-17)20(23)21-18-10-6-3-7-11-18/h2-13H,14-15H2,1H3,(H,21,23). The molecule has 0 aliphatic heterocycles. The summed E-state index contributed by atoms with van der Waals surface area (Å²) >= 11 is 1.69. The van der Waals surface area contributed by atoms with E-state index >= 15 is 0 Å². The normalized spacial score (nSPS) is 10.4. The predicted octanol–water partition coefficient (Wildman–Crippen LogP) is 5.29. The lowest BCUT2D eigenvalue weighted by molar-refractivity contribution is 0.207. The van der Waals surface area contributed by atoms with E-state index in [0.717, 1.165) is 11.3 Å². The summed E-state index contributed by atoms with van der Waals surface area (Å²) < 4.78 is 0. The number of para-hydroxylation sites is 1. The second-order valence-electron chi connectivity index (χ2n) is 5.66. The summed E-state index contributed by atoms with van der Waals surface area (Å²) in [7, 11) is 0. The van der Waals surface area contributed by atoms with Crippen LogP contribution in [0, 0.1) is 6.92 Å². The van der Waals surface area contributed by atoms with Crippen molar-refractivity contribution in [2.75, 3.05) is 5.32 Å². The monoisotopic (exact) mass is 336 g/mol. The molecule has 0 saturated carbocycles. The smallest absolute Gasteiger partial charge is 0.315 e. The van der Waals surface area contributed by atoms with Gasteiger partial charge in [0.25, 0.3) is 0 Å². The molecule has 1 N–H and O–H groups in total. The van der Waals surface area contributed by atoms with Gasteiger partial charge < -0.3 is 10.2 Å². The molecule has 1 heterocycles. The van der Waals surface area contributed by atoms with Gasteiger partial charge in [-0.05, 0) is 41.6 Å². The number of nitrogens with zero attached hydrogens (tertiary/aromatic N) is 1. The molecule has 24 heavy (non-hydrogen) atoms. The molecule has 0 aliphatic carbocycles. The molecule has 0 saturated heterocycles. The van der Waals surface area contributed by atoms with Crippen LogP contribution >= 0.6 is 11.3 Å². The molecular formula is C20H20N2OS. The molecule has 3 rings (SSSR count). The average molecular weight is 336 g/mol. The first-order chi connectivity index (χ1) is 11.7. The van der Waals surface area contributed by atoms with E-state index < -0.39 is 0 Å². The molecule has 3 nitrogen and oxygen atoms in total. The van der Waals surface area contributed by atoms with Crippen molar-refractivity contribution < 1.29 is 4.79 Å². The van der Waals surface area contributed by atoms with Crippen LogP contribution < -0.4 is 5.32 Å². The lowest BCUT2D eigenvalue weighted by Gasteiger charge is -2.23. The number of carbonyl (C=O) groups excluding carboxylic acids is 1. The van der Waals surface area contributed by atoms with Crippen LogP contribution in [-0.4, -0.2) is 10.9 Å². The van der Waals surface area contributed by atoms with E-state index in [1.165, 1.54) is 10.4 Å². The number of amides is 2. The Morgan fingerprint density at radius 3 is 2.25 bits per heavy atom. The van der Waals surface area contributed by atoms with Gasteiger partial charge in [0.1, 0.15) is 0 Å². The Kier molecular flexibility index (Phi) is 5.29. The largest absolute Gasteiger partial charge is 0.322 e. The van der Waals surface area contributed by atoms with Crippen LogP contribution in [0.1, 0.15) is 16.0 Å². The van der Waals surface area contributed by atoms with Gasteiger partial charge in [-0.2, -0.15) is 0 Å². The number of benzene rings is 2. The number of carbonyl (C=O) groups is 1. The van der Waals surface area contributed by atoms with Gasteiger partial charge >= 0.3 is 6.03 Å². The van der Waals surface area contributed by atoms with E-state index in [2.05, 4.69) is 23.7 Å². The van der Waals surface area contributed by atoms with Gasteiger partial charge in [-0.15, -0.1) is 11.3 Å². The SMILES string of the molecule is Cc1ccsc1CN(Cc1ccccc1)C(=O)Nc1ccccc1. The zero-order chi connectivity index (χ0) is 16.8. The molecule has 2 amide bonds. The third-order valence-electron chi connectivity index (χ3n) is 3.83. The molecule has 0 bridgehead atoms. The molecule has 0 atom stereocenters. The first kappa shape index (κ1) is 16.3. The molecule has 1 aromatic heterocycles. The van der Waals surface area contributed by atoms with Gasteiger partial charge in [0.05, 0.1) is 6.54 Å². The van der Waals surface area contributed by atoms with Crippen molar-refractivity contribution in [2.24, 2.45) is 0 Å². The summed E-state index contributed by atoms with van der Waals surface area (Å²) in [6.45, 7) is 3.27. The molecule has 122 valence electrons. The van der Waals surface area contributed by atoms with Crippen LogP contribution in [0.3, 0.4) is 0 Å². The summed E-state index contributed by atoms with van der Waals surface area (Å²) in [4.78, 5) is 15.8. The molecule has 4 heteroatoms. The Balaban J connectivity index is 1.78. The maximum absolute atomic E-state index is 12.8. The van der Waals surface area contributed by atoms with Crippen LogP contribution in [0.2, 0.25) is 0 Å². The number of aryl methyl sites for hydroxylation is 1. The summed E-state index contributed by atoms with van der Waals surface area (Å²) in [6, 6.07) is 21.7. The van der Waals surface area contributed by atoms with Crippen molar-refractivity contribution in [2.45, 2.75) is 20.0 Å². The quantitative estimate of drug-likeness (QED) is 0.674. The highest BCUT2D eigenvalue weighted by Gasteiger charge is 2.16. The minimum Gasteiger partial charge on any atom is -0.315 e. The molecule has 0 unspecified atom stereocenters. The summed E-state index contributed by atoms with van der Waals surface area (Å²) in [5, 5.41) is 5.06. The molecule has 2 aromatic carbocycles. The van der Waals surface area contributed by atoms with Crippen molar-refractivity contribution >= 4 is 23.1 Å². The van der Waals surface area contributed by atoms with Gasteiger partial charge in [-0.25, -0.2) is 4.79 Å². The highest BCUT2D eigenvalue weighted by molar-refractivity contribution is 7.10. The fourth-order valence-corrected chi connectivity index (χ4v) is 3.39. The van der Waals surface area contributed by atoms with Crippen LogP contribution in [0.15, 0.2) is 72.1 Å². The zero-order valence-electron chi connectivity index (χ0n) is 13.6. The molecular weight excluding hydrogens is 316 g/mol. The first-order valence-corrected chi connectivity index (χ1v) is 8.78. The molecule has 3 aromatic rings. The van der Waals surface area contributed by atoms with Crippen molar-refractivity contribution in [1.82, 2.24) is 4.90 Å². The number of rotatable bonds is 5. The van der Waals surface area contributed by atoms with Crippen molar-refractivity contribution in [3.8, 4) is 0 Å². The molecule has 0 spiro atoms. The summed E-state index contributed by atoms with van der Waals surface area (Å²) in [6.07, 6.45) is 0. The van der Waals surface area contributed by atoms with Crippen LogP contribution in [0.25, 0.3) is 0 Å². The number of anilines is 1. The molecule has 0 aliphatic rings. The van der Waals surface area contributed by atoms with E-state index in [1.54, 1.807) is 11.3 Å². The average Bonchev–Trinajstić information content (AvgIpc) is 3.01. The van der Waals surface area contributed by atoms with Gasteiger partial charge in [-0.3, -0.25) is 0 Å². The highest BCUT2D eigenvalue weighted by Crippen LogP contribution is 2.20. The predicted molar refractivity (Wildman–Crippen MR) is 100 cm³/mol. The van der Waals surface area contributed by atoms with Gasteiger partial charge in [0.15, 0.2) is 0 Å². The fraction of sp³-hybridized carbons (Fsp3) is 0.150.